The number of hydrogen-bond acceptors (Lipinski definition) is 3. The molecule has 1 saturated heterocycles. The number of piperidine rings is 1. The van der Waals surface area contributed by atoms with E-state index in [4.69, 9.17) is 5.73 Å². The van der Waals surface area contributed by atoms with Crippen molar-refractivity contribution < 1.29 is 9.59 Å². The number of nitrogens with two attached hydrogens (primary N) is 1. The summed E-state index contributed by atoms with van der Waals surface area (Å²) in [5, 5.41) is 3.21. The SMILES string of the molecule is C[C@H](C(=O)NC(c1ccccc1)c1ccccc1)N1CCC(C(N)=O)CC1. The highest BCUT2D eigenvalue weighted by molar-refractivity contribution is 5.82. The van der Waals surface area contributed by atoms with E-state index in [1.807, 2.05) is 67.6 Å². The highest BCUT2D eigenvalue weighted by Gasteiger charge is 2.30. The summed E-state index contributed by atoms with van der Waals surface area (Å²) < 4.78 is 0. The van der Waals surface area contributed by atoms with Crippen LogP contribution in [0.4, 0.5) is 0 Å². The van der Waals surface area contributed by atoms with Gasteiger partial charge in [-0.2, -0.15) is 0 Å². The summed E-state index contributed by atoms with van der Waals surface area (Å²) in [6, 6.07) is 19.5. The van der Waals surface area contributed by atoms with Gasteiger partial charge in [0.25, 0.3) is 0 Å². The zero-order valence-electron chi connectivity index (χ0n) is 15.7. The summed E-state index contributed by atoms with van der Waals surface area (Å²) in [4.78, 5) is 26.4. The van der Waals surface area contributed by atoms with Gasteiger partial charge in [0.2, 0.25) is 11.8 Å². The topological polar surface area (TPSA) is 75.4 Å². The maximum Gasteiger partial charge on any atom is 0.237 e. The van der Waals surface area contributed by atoms with Crippen LogP contribution in [0.2, 0.25) is 0 Å². The Morgan fingerprint density at radius 3 is 1.89 bits per heavy atom. The Morgan fingerprint density at radius 1 is 0.963 bits per heavy atom. The summed E-state index contributed by atoms with van der Waals surface area (Å²) in [5.74, 6) is -0.317. The molecule has 0 bridgehead atoms. The number of nitrogens with zero attached hydrogens (tertiary/aromatic N) is 1. The smallest absolute Gasteiger partial charge is 0.237 e. The molecular formula is C22H27N3O2. The van der Waals surface area contributed by atoms with Crippen molar-refractivity contribution in [1.29, 1.82) is 0 Å². The number of nitrogens with one attached hydrogen (secondary N) is 1. The average molecular weight is 365 g/mol. The molecule has 0 spiro atoms. The highest BCUT2D eigenvalue weighted by Crippen LogP contribution is 2.23. The first-order valence-electron chi connectivity index (χ1n) is 9.50. The minimum Gasteiger partial charge on any atom is -0.369 e. The number of rotatable bonds is 6. The average Bonchev–Trinajstić information content (AvgIpc) is 2.72. The lowest BCUT2D eigenvalue weighted by Crippen LogP contribution is -2.50. The molecule has 3 N–H and O–H groups in total. The summed E-state index contributed by atoms with van der Waals surface area (Å²) in [7, 11) is 0. The van der Waals surface area contributed by atoms with Crippen LogP contribution in [0.1, 0.15) is 36.9 Å². The molecule has 0 radical (unpaired) electrons. The van der Waals surface area contributed by atoms with Crippen molar-refractivity contribution in [3.8, 4) is 0 Å². The molecule has 3 rings (SSSR count). The van der Waals surface area contributed by atoms with E-state index >= 15 is 0 Å². The van der Waals surface area contributed by atoms with Crippen LogP contribution in [0.5, 0.6) is 0 Å². The zero-order chi connectivity index (χ0) is 19.2. The van der Waals surface area contributed by atoms with E-state index in [9.17, 15) is 9.59 Å². The molecule has 0 unspecified atom stereocenters. The van der Waals surface area contributed by atoms with Crippen LogP contribution in [0.15, 0.2) is 60.7 Å². The Bertz CT molecular complexity index is 716. The maximum absolute atomic E-state index is 13.0. The lowest BCUT2D eigenvalue weighted by atomic mass is 9.95. The van der Waals surface area contributed by atoms with E-state index in [1.165, 1.54) is 0 Å². The van der Waals surface area contributed by atoms with E-state index in [1.54, 1.807) is 0 Å². The Kier molecular flexibility index (Phi) is 6.24. The van der Waals surface area contributed by atoms with Crippen molar-refractivity contribution in [2.75, 3.05) is 13.1 Å². The van der Waals surface area contributed by atoms with E-state index < -0.39 is 0 Å². The molecule has 5 heteroatoms. The fourth-order valence-corrected chi connectivity index (χ4v) is 3.65. The summed E-state index contributed by atoms with van der Waals surface area (Å²) in [5.41, 5.74) is 7.51. The predicted octanol–water partition coefficient (Wildman–Crippen LogP) is 2.48. The molecule has 5 nitrogen and oxygen atoms in total. The number of primary amides is 1. The molecule has 2 aromatic carbocycles. The largest absolute Gasteiger partial charge is 0.369 e. The van der Waals surface area contributed by atoms with Crippen LogP contribution in [0.3, 0.4) is 0 Å². The van der Waals surface area contributed by atoms with Crippen LogP contribution in [0, 0.1) is 5.92 Å². The van der Waals surface area contributed by atoms with Gasteiger partial charge in [-0.15, -0.1) is 0 Å². The Labute approximate surface area is 160 Å². The molecule has 1 fully saturated rings. The molecule has 0 aliphatic carbocycles. The maximum atomic E-state index is 13.0. The van der Waals surface area contributed by atoms with Gasteiger partial charge >= 0.3 is 0 Å². The second-order valence-corrected chi connectivity index (χ2v) is 7.15. The van der Waals surface area contributed by atoms with Crippen molar-refractivity contribution in [3.05, 3.63) is 71.8 Å². The van der Waals surface area contributed by atoms with Crippen LogP contribution in [0.25, 0.3) is 0 Å². The van der Waals surface area contributed by atoms with E-state index in [2.05, 4.69) is 10.2 Å². The molecule has 1 heterocycles. The van der Waals surface area contributed by atoms with E-state index in [0.29, 0.717) is 25.9 Å². The molecule has 0 saturated carbocycles. The third-order valence-electron chi connectivity index (χ3n) is 5.41. The Balaban J connectivity index is 1.70. The molecular weight excluding hydrogens is 338 g/mol. The summed E-state index contributed by atoms with van der Waals surface area (Å²) >= 11 is 0. The zero-order valence-corrected chi connectivity index (χ0v) is 15.7. The summed E-state index contributed by atoms with van der Waals surface area (Å²) in [6.45, 7) is 3.35. The van der Waals surface area contributed by atoms with Crippen molar-refractivity contribution >= 4 is 11.8 Å². The van der Waals surface area contributed by atoms with Gasteiger partial charge in [-0.05, 0) is 44.0 Å². The predicted molar refractivity (Wildman–Crippen MR) is 106 cm³/mol. The second-order valence-electron chi connectivity index (χ2n) is 7.15. The van der Waals surface area contributed by atoms with E-state index in [-0.39, 0.29) is 29.8 Å². The van der Waals surface area contributed by atoms with Gasteiger partial charge in [-0.3, -0.25) is 14.5 Å². The van der Waals surface area contributed by atoms with Crippen LogP contribution < -0.4 is 11.1 Å². The molecule has 0 aromatic heterocycles. The van der Waals surface area contributed by atoms with Crippen LogP contribution in [-0.4, -0.2) is 35.8 Å². The Morgan fingerprint density at radius 2 is 1.44 bits per heavy atom. The van der Waals surface area contributed by atoms with Crippen molar-refractivity contribution in [2.45, 2.75) is 31.8 Å². The number of carbonyl (C=O) groups is 2. The first kappa shape index (κ1) is 19.1. The normalized spacial score (nSPS) is 16.8. The van der Waals surface area contributed by atoms with Crippen molar-refractivity contribution in [1.82, 2.24) is 10.2 Å². The number of benzene rings is 2. The third-order valence-corrected chi connectivity index (χ3v) is 5.41. The first-order chi connectivity index (χ1) is 13.1. The lowest BCUT2D eigenvalue weighted by molar-refractivity contribution is -0.127. The molecule has 1 aliphatic rings. The molecule has 27 heavy (non-hydrogen) atoms. The minimum absolute atomic E-state index is 0.00905. The van der Waals surface area contributed by atoms with Gasteiger partial charge in [0.15, 0.2) is 0 Å². The van der Waals surface area contributed by atoms with Gasteiger partial charge in [0.1, 0.15) is 0 Å². The fourth-order valence-electron chi connectivity index (χ4n) is 3.65. The van der Waals surface area contributed by atoms with E-state index in [0.717, 1.165) is 11.1 Å². The van der Waals surface area contributed by atoms with Gasteiger partial charge in [-0.25, -0.2) is 0 Å². The quantitative estimate of drug-likeness (QED) is 0.826. The molecule has 1 atom stereocenters. The fraction of sp³-hybridized carbons (Fsp3) is 0.364. The molecule has 1 aliphatic heterocycles. The number of likely N-dealkylation sites (tertiary alicyclic amines) is 1. The van der Waals surface area contributed by atoms with Gasteiger partial charge < -0.3 is 11.1 Å². The van der Waals surface area contributed by atoms with Gasteiger partial charge in [0, 0.05) is 5.92 Å². The minimum atomic E-state index is -0.256. The van der Waals surface area contributed by atoms with Gasteiger partial charge in [0.05, 0.1) is 12.1 Å². The van der Waals surface area contributed by atoms with Gasteiger partial charge in [-0.1, -0.05) is 60.7 Å². The third kappa shape index (κ3) is 4.74. The van der Waals surface area contributed by atoms with Crippen molar-refractivity contribution in [2.24, 2.45) is 11.7 Å². The molecule has 2 amide bonds. The molecule has 142 valence electrons. The second kappa shape index (κ2) is 8.82. The standard InChI is InChI=1S/C22H27N3O2/c1-16(25-14-12-19(13-15-25)21(23)26)22(27)24-20(17-8-4-2-5-9-17)18-10-6-3-7-11-18/h2-11,16,19-20H,12-15H2,1H3,(H2,23,26)(H,24,27)/t16-/m1/s1. The molecule has 2 aromatic rings. The highest BCUT2D eigenvalue weighted by atomic mass is 16.2. The first-order valence-corrected chi connectivity index (χ1v) is 9.50. The number of carbonyl (C=O) groups excluding carboxylic acids is 2. The Hall–Kier alpha value is -2.66. The van der Waals surface area contributed by atoms with Crippen LogP contribution >= 0.6 is 0 Å². The monoisotopic (exact) mass is 365 g/mol. The number of amides is 2. The van der Waals surface area contributed by atoms with Crippen molar-refractivity contribution in [3.63, 3.8) is 0 Å². The summed E-state index contributed by atoms with van der Waals surface area (Å²) in [6.07, 6.45) is 1.43. The lowest BCUT2D eigenvalue weighted by Gasteiger charge is -2.35. The van der Waals surface area contributed by atoms with Crippen LogP contribution in [-0.2, 0) is 9.59 Å². The number of hydrogen-bond donors (Lipinski definition) is 2.